The smallest absolute Gasteiger partial charge is 0.475 e. The highest BCUT2D eigenvalue weighted by atomic mass is 19.4. The Morgan fingerprint density at radius 3 is 1.85 bits per heavy atom. The zero-order valence-corrected chi connectivity index (χ0v) is 18.5. The zero-order chi connectivity index (χ0) is 26.9. The number of rotatable bonds is 5. The van der Waals surface area contributed by atoms with Crippen molar-refractivity contribution in [3.63, 3.8) is 0 Å². The normalized spacial score (nSPS) is 11.4. The summed E-state index contributed by atoms with van der Waals surface area (Å²) in [6.07, 6.45) is -6.43. The lowest BCUT2D eigenvalue weighted by Gasteiger charge is -2.25. The number of pyridine rings is 1. The SMILES string of the molecule is Cc1ccc(CN(Cc2nccn2C)C(C)C)c(=O)[nH]1.O=C(O)C(F)(F)F.O=C(O)C(F)(F)F. The number of aliphatic carboxylic acids is 2. The average molecular weight is 502 g/mol. The number of hydrogen-bond donors (Lipinski definition) is 3. The van der Waals surface area contributed by atoms with Gasteiger partial charge in [0.2, 0.25) is 0 Å². The molecule has 0 aromatic carbocycles. The van der Waals surface area contributed by atoms with Crippen molar-refractivity contribution in [1.29, 1.82) is 0 Å². The minimum atomic E-state index is -5.08. The van der Waals surface area contributed by atoms with Gasteiger partial charge in [-0.1, -0.05) is 6.07 Å². The van der Waals surface area contributed by atoms with E-state index in [9.17, 15) is 31.1 Å². The van der Waals surface area contributed by atoms with Crippen LogP contribution in [0.3, 0.4) is 0 Å². The van der Waals surface area contributed by atoms with Crippen LogP contribution in [0, 0.1) is 6.92 Å². The number of aryl methyl sites for hydroxylation is 2. The number of aromatic nitrogens is 3. The van der Waals surface area contributed by atoms with Crippen molar-refractivity contribution in [2.45, 2.75) is 52.3 Å². The van der Waals surface area contributed by atoms with Crippen LogP contribution in [0.5, 0.6) is 0 Å². The number of H-pyrrole nitrogens is 1. The highest BCUT2D eigenvalue weighted by molar-refractivity contribution is 5.73. The van der Waals surface area contributed by atoms with E-state index in [4.69, 9.17) is 19.8 Å². The molecule has 0 unspecified atom stereocenters. The second-order valence-electron chi connectivity index (χ2n) is 7.05. The van der Waals surface area contributed by atoms with Crippen LogP contribution in [-0.2, 0) is 29.7 Å². The molecule has 0 fully saturated rings. The van der Waals surface area contributed by atoms with Crippen molar-refractivity contribution in [2.75, 3.05) is 0 Å². The molecule has 0 aliphatic carbocycles. The Hall–Kier alpha value is -3.36. The summed E-state index contributed by atoms with van der Waals surface area (Å²) in [4.78, 5) is 39.2. The van der Waals surface area contributed by atoms with Crippen molar-refractivity contribution in [2.24, 2.45) is 7.05 Å². The summed E-state index contributed by atoms with van der Waals surface area (Å²) in [5.74, 6) is -4.51. The summed E-state index contributed by atoms with van der Waals surface area (Å²) in [7, 11) is 1.99. The van der Waals surface area contributed by atoms with Gasteiger partial charge in [-0.2, -0.15) is 26.3 Å². The van der Waals surface area contributed by atoms with Gasteiger partial charge in [-0.15, -0.1) is 0 Å². The van der Waals surface area contributed by atoms with Crippen LogP contribution < -0.4 is 5.56 Å². The van der Waals surface area contributed by atoms with Crippen LogP contribution in [-0.4, -0.2) is 60.0 Å². The van der Waals surface area contributed by atoms with Gasteiger partial charge in [-0.3, -0.25) is 9.69 Å². The van der Waals surface area contributed by atoms with Gasteiger partial charge < -0.3 is 19.8 Å². The van der Waals surface area contributed by atoms with Gasteiger partial charge in [0.25, 0.3) is 5.56 Å². The number of nitrogens with one attached hydrogen (secondary N) is 1. The average Bonchev–Trinajstić information content (AvgIpc) is 3.07. The molecule has 9 nitrogen and oxygen atoms in total. The van der Waals surface area contributed by atoms with Crippen LogP contribution in [0.25, 0.3) is 0 Å². The molecule has 15 heteroatoms. The summed E-state index contributed by atoms with van der Waals surface area (Å²) < 4.78 is 65.5. The first-order chi connectivity index (χ1) is 15.4. The third-order valence-electron chi connectivity index (χ3n) is 3.99. The number of imidazole rings is 1. The summed E-state index contributed by atoms with van der Waals surface area (Å²) >= 11 is 0. The Morgan fingerprint density at radius 2 is 1.53 bits per heavy atom. The molecule has 2 rings (SSSR count). The summed E-state index contributed by atoms with van der Waals surface area (Å²) in [5.41, 5.74) is 1.67. The van der Waals surface area contributed by atoms with Crippen LogP contribution in [0.2, 0.25) is 0 Å². The molecule has 0 amide bonds. The van der Waals surface area contributed by atoms with Crippen molar-refractivity contribution >= 4 is 11.9 Å². The molecule has 0 aliphatic rings. The van der Waals surface area contributed by atoms with E-state index in [1.807, 2.05) is 36.9 Å². The van der Waals surface area contributed by atoms with Crippen LogP contribution >= 0.6 is 0 Å². The van der Waals surface area contributed by atoms with Crippen molar-refractivity contribution in [1.82, 2.24) is 19.4 Å². The maximum absolute atomic E-state index is 12.0. The van der Waals surface area contributed by atoms with Crippen LogP contribution in [0.1, 0.15) is 30.9 Å². The van der Waals surface area contributed by atoms with Gasteiger partial charge in [-0.05, 0) is 26.8 Å². The molecule has 0 saturated heterocycles. The number of hydrogen-bond acceptors (Lipinski definition) is 5. The van der Waals surface area contributed by atoms with Gasteiger partial charge in [0.15, 0.2) is 0 Å². The molecule has 34 heavy (non-hydrogen) atoms. The maximum Gasteiger partial charge on any atom is 0.490 e. The lowest BCUT2D eigenvalue weighted by molar-refractivity contribution is -0.193. The number of aromatic amines is 1. The Kier molecular flexibility index (Phi) is 11.5. The van der Waals surface area contributed by atoms with E-state index >= 15 is 0 Å². The first-order valence-electron chi connectivity index (χ1n) is 9.35. The number of carboxylic acid groups (broad SMARTS) is 2. The molecule has 0 radical (unpaired) electrons. The monoisotopic (exact) mass is 502 g/mol. The Bertz CT molecular complexity index is 974. The van der Waals surface area contributed by atoms with Crippen molar-refractivity contribution < 1.29 is 46.1 Å². The first kappa shape index (κ1) is 30.6. The lowest BCUT2D eigenvalue weighted by atomic mass is 10.2. The predicted molar refractivity (Wildman–Crippen MR) is 107 cm³/mol. The summed E-state index contributed by atoms with van der Waals surface area (Å²) in [6, 6.07) is 4.19. The predicted octanol–water partition coefficient (Wildman–Crippen LogP) is 3.09. The fourth-order valence-electron chi connectivity index (χ4n) is 2.10. The molecule has 2 aromatic heterocycles. The Labute approximate surface area is 189 Å². The highest BCUT2D eigenvalue weighted by Crippen LogP contribution is 2.14. The van der Waals surface area contributed by atoms with E-state index in [-0.39, 0.29) is 5.56 Å². The van der Waals surface area contributed by atoms with Gasteiger partial charge in [0.05, 0.1) is 6.54 Å². The second kappa shape index (κ2) is 12.8. The minimum absolute atomic E-state index is 0.00418. The summed E-state index contributed by atoms with van der Waals surface area (Å²) in [6.45, 7) is 7.50. The number of carboxylic acids is 2. The Morgan fingerprint density at radius 1 is 1.06 bits per heavy atom. The molecular formula is C19H24F6N4O5. The number of halogens is 6. The molecule has 2 aromatic rings. The molecule has 0 spiro atoms. The van der Waals surface area contributed by atoms with Gasteiger partial charge in [0, 0.05) is 43.3 Å². The number of alkyl halides is 6. The first-order valence-corrected chi connectivity index (χ1v) is 9.35. The van der Waals surface area contributed by atoms with Crippen molar-refractivity contribution in [3.8, 4) is 0 Å². The Balaban J connectivity index is 0.000000642. The maximum atomic E-state index is 12.0. The van der Waals surface area contributed by atoms with E-state index in [2.05, 4.69) is 28.7 Å². The molecule has 0 atom stereocenters. The molecule has 0 aliphatic heterocycles. The molecule has 2 heterocycles. The third-order valence-corrected chi connectivity index (χ3v) is 3.99. The minimum Gasteiger partial charge on any atom is -0.475 e. The zero-order valence-electron chi connectivity index (χ0n) is 18.5. The van der Waals surface area contributed by atoms with E-state index < -0.39 is 24.3 Å². The number of carbonyl (C=O) groups is 2. The molecule has 0 bridgehead atoms. The topological polar surface area (TPSA) is 129 Å². The van der Waals surface area contributed by atoms with Gasteiger partial charge in [0.1, 0.15) is 5.82 Å². The molecule has 0 saturated carbocycles. The fraction of sp³-hybridized carbons (Fsp3) is 0.474. The van der Waals surface area contributed by atoms with E-state index in [0.29, 0.717) is 12.6 Å². The van der Waals surface area contributed by atoms with E-state index in [1.165, 1.54) is 0 Å². The molecule has 192 valence electrons. The molecule has 3 N–H and O–H groups in total. The quantitative estimate of drug-likeness (QED) is 0.536. The number of nitrogens with zero attached hydrogens (tertiary/aromatic N) is 3. The fourth-order valence-corrected chi connectivity index (χ4v) is 2.10. The van der Waals surface area contributed by atoms with Crippen molar-refractivity contribution in [3.05, 3.63) is 52.0 Å². The van der Waals surface area contributed by atoms with Gasteiger partial charge >= 0.3 is 24.3 Å². The van der Waals surface area contributed by atoms with Crippen LogP contribution in [0.15, 0.2) is 29.3 Å². The third kappa shape index (κ3) is 11.5. The highest BCUT2D eigenvalue weighted by Gasteiger charge is 2.38. The second-order valence-corrected chi connectivity index (χ2v) is 7.05. The largest absolute Gasteiger partial charge is 0.490 e. The summed E-state index contributed by atoms with van der Waals surface area (Å²) in [5, 5.41) is 14.2. The standard InChI is InChI=1S/C15H22N4O.2C2HF3O2/c1-11(2)19(10-14-16-7-8-18(14)4)9-13-6-5-12(3)17-15(13)20;2*3-2(4,5)1(6)7/h5-8,11H,9-10H2,1-4H3,(H,17,20);2*(H,6,7). The van der Waals surface area contributed by atoms with Crippen LogP contribution in [0.4, 0.5) is 26.3 Å². The molecular weight excluding hydrogens is 478 g/mol. The van der Waals surface area contributed by atoms with E-state index in [0.717, 1.165) is 23.6 Å². The van der Waals surface area contributed by atoms with E-state index in [1.54, 1.807) is 6.20 Å². The van der Waals surface area contributed by atoms with Gasteiger partial charge in [-0.25, -0.2) is 14.6 Å². The lowest BCUT2D eigenvalue weighted by Crippen LogP contribution is -2.33.